The van der Waals surface area contributed by atoms with Crippen LogP contribution < -0.4 is 0 Å². The lowest BCUT2D eigenvalue weighted by atomic mass is 10.1. The van der Waals surface area contributed by atoms with Gasteiger partial charge in [0.05, 0.1) is 5.56 Å². The van der Waals surface area contributed by atoms with Gasteiger partial charge in [0.2, 0.25) is 0 Å². The third kappa shape index (κ3) is 3.20. The molecule has 7 heteroatoms. The number of amides is 1. The smallest absolute Gasteiger partial charge is 0.255 e. The Balaban J connectivity index is 1.47. The Labute approximate surface area is 151 Å². The van der Waals surface area contributed by atoms with Crippen molar-refractivity contribution in [2.45, 2.75) is 26.2 Å². The zero-order chi connectivity index (χ0) is 18.1. The van der Waals surface area contributed by atoms with Crippen LogP contribution in [0.25, 0.3) is 5.82 Å². The molecule has 1 aliphatic heterocycles. The summed E-state index contributed by atoms with van der Waals surface area (Å²) in [5, 5.41) is 0. The second kappa shape index (κ2) is 6.67. The third-order valence-electron chi connectivity index (χ3n) is 4.60. The lowest BCUT2D eigenvalue weighted by Crippen LogP contribution is -2.28. The summed E-state index contributed by atoms with van der Waals surface area (Å²) in [6.45, 7) is 5.31. The van der Waals surface area contributed by atoms with E-state index >= 15 is 0 Å². The van der Waals surface area contributed by atoms with Gasteiger partial charge in [-0.2, -0.15) is 0 Å². The van der Waals surface area contributed by atoms with E-state index in [4.69, 9.17) is 0 Å². The van der Waals surface area contributed by atoms with Crippen molar-refractivity contribution in [3.8, 4) is 5.82 Å². The van der Waals surface area contributed by atoms with Gasteiger partial charge < -0.3 is 4.90 Å². The maximum atomic E-state index is 12.8. The van der Waals surface area contributed by atoms with Crippen LogP contribution in [0, 0.1) is 13.8 Å². The van der Waals surface area contributed by atoms with Crippen LogP contribution >= 0.6 is 0 Å². The fraction of sp³-hybridized carbons (Fsp3) is 0.316. The van der Waals surface area contributed by atoms with Crippen LogP contribution in [0.4, 0.5) is 0 Å². The Kier molecular flexibility index (Phi) is 4.20. The van der Waals surface area contributed by atoms with Crippen molar-refractivity contribution in [2.24, 2.45) is 0 Å². The number of imidazole rings is 1. The van der Waals surface area contributed by atoms with Gasteiger partial charge >= 0.3 is 0 Å². The van der Waals surface area contributed by atoms with Crippen LogP contribution in [0.1, 0.15) is 39.9 Å². The van der Waals surface area contributed by atoms with Gasteiger partial charge in [-0.1, -0.05) is 0 Å². The molecule has 0 radical (unpaired) electrons. The van der Waals surface area contributed by atoms with Crippen molar-refractivity contribution >= 4 is 5.91 Å². The minimum Gasteiger partial charge on any atom is -0.338 e. The van der Waals surface area contributed by atoms with Gasteiger partial charge in [-0.05, 0) is 38.5 Å². The lowest BCUT2D eigenvalue weighted by molar-refractivity contribution is 0.0790. The summed E-state index contributed by atoms with van der Waals surface area (Å²) in [6.07, 6.45) is 7.70. The van der Waals surface area contributed by atoms with Gasteiger partial charge in [0.15, 0.2) is 0 Å². The molecule has 1 saturated heterocycles. The molecule has 4 heterocycles. The van der Waals surface area contributed by atoms with E-state index in [-0.39, 0.29) is 11.8 Å². The number of hydrogen-bond acceptors (Lipinski definition) is 5. The summed E-state index contributed by atoms with van der Waals surface area (Å²) in [5.41, 5.74) is 2.53. The highest BCUT2D eigenvalue weighted by molar-refractivity contribution is 5.94. The van der Waals surface area contributed by atoms with Gasteiger partial charge in [-0.15, -0.1) is 0 Å². The average Bonchev–Trinajstić information content (AvgIpc) is 3.32. The quantitative estimate of drug-likeness (QED) is 0.726. The van der Waals surface area contributed by atoms with Crippen LogP contribution in [0.15, 0.2) is 43.1 Å². The lowest BCUT2D eigenvalue weighted by Gasteiger charge is -2.16. The largest absolute Gasteiger partial charge is 0.338 e. The number of aryl methyl sites for hydroxylation is 2. The van der Waals surface area contributed by atoms with E-state index in [1.54, 1.807) is 23.3 Å². The topological polar surface area (TPSA) is 76.8 Å². The molecule has 0 N–H and O–H groups in total. The number of rotatable bonds is 3. The van der Waals surface area contributed by atoms with Crippen LogP contribution in [-0.2, 0) is 0 Å². The molecule has 0 aliphatic carbocycles. The van der Waals surface area contributed by atoms with Gasteiger partial charge in [-0.3, -0.25) is 9.36 Å². The first-order chi connectivity index (χ1) is 12.6. The molecule has 0 saturated carbocycles. The van der Waals surface area contributed by atoms with Crippen molar-refractivity contribution in [2.75, 3.05) is 13.1 Å². The number of nitrogens with zero attached hydrogens (tertiary/aromatic N) is 6. The van der Waals surface area contributed by atoms with E-state index < -0.39 is 0 Å². The predicted octanol–water partition coefficient (Wildman–Crippen LogP) is 2.30. The summed E-state index contributed by atoms with van der Waals surface area (Å²) in [6, 6.07) is 5.61. The molecule has 3 aromatic heterocycles. The molecule has 0 bridgehead atoms. The minimum absolute atomic E-state index is 0.00144. The zero-order valence-electron chi connectivity index (χ0n) is 14.8. The van der Waals surface area contributed by atoms with Gasteiger partial charge in [0.25, 0.3) is 5.91 Å². The molecule has 0 aromatic carbocycles. The minimum atomic E-state index is 0.00144. The fourth-order valence-corrected chi connectivity index (χ4v) is 3.33. The summed E-state index contributed by atoms with van der Waals surface area (Å²) < 4.78 is 1.80. The average molecular weight is 348 g/mol. The highest BCUT2D eigenvalue weighted by Crippen LogP contribution is 2.26. The molecule has 0 unspecified atom stereocenters. The molecule has 3 aromatic rings. The molecular weight excluding hydrogens is 328 g/mol. The van der Waals surface area contributed by atoms with Crippen molar-refractivity contribution in [3.63, 3.8) is 0 Å². The third-order valence-corrected chi connectivity index (χ3v) is 4.60. The van der Waals surface area contributed by atoms with Gasteiger partial charge in [-0.25, -0.2) is 19.9 Å². The molecule has 1 fully saturated rings. The number of likely N-dealkylation sites (tertiary alicyclic amines) is 1. The van der Waals surface area contributed by atoms with Crippen molar-refractivity contribution in [1.82, 2.24) is 29.4 Å². The Morgan fingerprint density at radius 3 is 2.65 bits per heavy atom. The molecule has 26 heavy (non-hydrogen) atoms. The summed E-state index contributed by atoms with van der Waals surface area (Å²) >= 11 is 0. The number of aromatic nitrogens is 5. The maximum absolute atomic E-state index is 12.8. The standard InChI is InChI=1S/C19H20N6O/c1-13-9-14(2)23-18(22-13)16-5-7-24(11-16)19(26)15-3-4-17(21-10-15)25-8-6-20-12-25/h3-4,6,8-10,12,16H,5,7,11H2,1-2H3/t16-/m1/s1. The Morgan fingerprint density at radius 1 is 1.19 bits per heavy atom. The van der Waals surface area contributed by atoms with Gasteiger partial charge in [0.1, 0.15) is 18.0 Å². The molecule has 7 nitrogen and oxygen atoms in total. The second-order valence-corrected chi connectivity index (χ2v) is 6.62. The fourth-order valence-electron chi connectivity index (χ4n) is 3.33. The zero-order valence-corrected chi connectivity index (χ0v) is 14.8. The highest BCUT2D eigenvalue weighted by atomic mass is 16.2. The monoisotopic (exact) mass is 348 g/mol. The van der Waals surface area contributed by atoms with E-state index in [1.807, 2.05) is 43.1 Å². The number of pyridine rings is 1. The van der Waals surface area contributed by atoms with E-state index in [0.717, 1.165) is 29.5 Å². The highest BCUT2D eigenvalue weighted by Gasteiger charge is 2.30. The molecule has 4 rings (SSSR count). The Bertz CT molecular complexity index is 899. The first-order valence-corrected chi connectivity index (χ1v) is 8.66. The van der Waals surface area contributed by atoms with Crippen molar-refractivity contribution in [1.29, 1.82) is 0 Å². The Hall–Kier alpha value is -3.09. The molecule has 1 amide bonds. The van der Waals surface area contributed by atoms with Crippen LogP contribution in [-0.4, -0.2) is 48.4 Å². The number of carbonyl (C=O) groups is 1. The first kappa shape index (κ1) is 16.4. The van der Waals surface area contributed by atoms with E-state index in [9.17, 15) is 4.79 Å². The van der Waals surface area contributed by atoms with Gasteiger partial charge in [0, 0.05) is 49.0 Å². The normalized spacial score (nSPS) is 16.8. The summed E-state index contributed by atoms with van der Waals surface area (Å²) in [4.78, 5) is 32.1. The molecular formula is C19H20N6O. The molecule has 132 valence electrons. The summed E-state index contributed by atoms with van der Waals surface area (Å²) in [7, 11) is 0. The molecule has 1 atom stereocenters. The second-order valence-electron chi connectivity index (χ2n) is 6.62. The number of hydrogen-bond donors (Lipinski definition) is 0. The molecule has 0 spiro atoms. The van der Waals surface area contributed by atoms with E-state index in [0.29, 0.717) is 18.7 Å². The van der Waals surface area contributed by atoms with Crippen LogP contribution in [0.5, 0.6) is 0 Å². The van der Waals surface area contributed by atoms with E-state index in [1.165, 1.54) is 0 Å². The first-order valence-electron chi connectivity index (χ1n) is 8.66. The Morgan fingerprint density at radius 2 is 2.00 bits per heavy atom. The van der Waals surface area contributed by atoms with E-state index in [2.05, 4.69) is 19.9 Å². The van der Waals surface area contributed by atoms with Crippen LogP contribution in [0.3, 0.4) is 0 Å². The maximum Gasteiger partial charge on any atom is 0.255 e. The summed E-state index contributed by atoms with van der Waals surface area (Å²) in [5.74, 6) is 1.77. The molecule has 1 aliphatic rings. The predicted molar refractivity (Wildman–Crippen MR) is 96.1 cm³/mol. The van der Waals surface area contributed by atoms with Crippen LogP contribution in [0.2, 0.25) is 0 Å². The van der Waals surface area contributed by atoms with Crippen molar-refractivity contribution < 1.29 is 4.79 Å². The SMILES string of the molecule is Cc1cc(C)nc([C@@H]2CCN(C(=O)c3ccc(-n4ccnc4)nc3)C2)n1. The number of carbonyl (C=O) groups excluding carboxylic acids is 1. The van der Waals surface area contributed by atoms with Crippen molar-refractivity contribution in [3.05, 3.63) is 65.9 Å².